The van der Waals surface area contributed by atoms with E-state index >= 15 is 0 Å². The molecule has 17 heavy (non-hydrogen) atoms. The fraction of sp³-hybridized carbons (Fsp3) is 0.467. The van der Waals surface area contributed by atoms with E-state index in [-0.39, 0.29) is 6.04 Å². The van der Waals surface area contributed by atoms with Crippen LogP contribution in [0.4, 0.5) is 0 Å². The molecular formula is C15H22N2. The second kappa shape index (κ2) is 4.92. The van der Waals surface area contributed by atoms with E-state index in [1.165, 1.54) is 22.0 Å². The predicted octanol–water partition coefficient (Wildman–Crippen LogP) is 3.57. The molecule has 0 aliphatic carbocycles. The fourth-order valence-electron chi connectivity index (χ4n) is 2.49. The maximum Gasteiger partial charge on any atom is 0.0489 e. The van der Waals surface area contributed by atoms with Crippen LogP contribution < -0.4 is 5.73 Å². The van der Waals surface area contributed by atoms with Gasteiger partial charge in [0.1, 0.15) is 0 Å². The quantitative estimate of drug-likeness (QED) is 0.828. The molecule has 2 aromatic rings. The Morgan fingerprint density at radius 3 is 2.71 bits per heavy atom. The lowest BCUT2D eigenvalue weighted by atomic mass is 9.91. The Hall–Kier alpha value is -1.28. The van der Waals surface area contributed by atoms with Crippen LogP contribution in [-0.2, 0) is 6.42 Å². The summed E-state index contributed by atoms with van der Waals surface area (Å²) >= 11 is 0. The zero-order valence-corrected chi connectivity index (χ0v) is 11.0. The van der Waals surface area contributed by atoms with Crippen molar-refractivity contribution in [3.8, 4) is 0 Å². The average molecular weight is 230 g/mol. The standard InChI is InChI=1S/C15H22N2/c1-4-11-7-6-8-12-13(9-17-15(11)12)10(3)14(16)5-2/h6-10,14,17H,4-5,16H2,1-3H3/t10-,14-/m1/s1. The first kappa shape index (κ1) is 12.2. The largest absolute Gasteiger partial charge is 0.361 e. The number of H-pyrrole nitrogens is 1. The predicted molar refractivity (Wildman–Crippen MR) is 74.4 cm³/mol. The topological polar surface area (TPSA) is 41.8 Å². The molecule has 0 aliphatic rings. The second-order valence-corrected chi connectivity index (χ2v) is 4.80. The summed E-state index contributed by atoms with van der Waals surface area (Å²) in [5.74, 6) is 0.404. The van der Waals surface area contributed by atoms with Crippen molar-refractivity contribution in [1.29, 1.82) is 0 Å². The Balaban J connectivity index is 2.49. The molecule has 0 amide bonds. The van der Waals surface area contributed by atoms with Crippen LogP contribution in [-0.4, -0.2) is 11.0 Å². The molecule has 2 rings (SSSR count). The maximum atomic E-state index is 6.16. The van der Waals surface area contributed by atoms with Crippen LogP contribution >= 0.6 is 0 Å². The summed E-state index contributed by atoms with van der Waals surface area (Å²) in [6, 6.07) is 6.76. The lowest BCUT2D eigenvalue weighted by Crippen LogP contribution is -2.25. The third-order valence-corrected chi connectivity index (χ3v) is 3.82. The Labute approximate surface area is 103 Å². The van der Waals surface area contributed by atoms with Crippen LogP contribution in [0.1, 0.15) is 44.2 Å². The molecule has 2 heteroatoms. The zero-order chi connectivity index (χ0) is 12.4. The zero-order valence-electron chi connectivity index (χ0n) is 11.0. The summed E-state index contributed by atoms with van der Waals surface area (Å²) < 4.78 is 0. The fourth-order valence-corrected chi connectivity index (χ4v) is 2.49. The van der Waals surface area contributed by atoms with Gasteiger partial charge in [0.05, 0.1) is 0 Å². The summed E-state index contributed by atoms with van der Waals surface area (Å²) in [4.78, 5) is 3.41. The normalized spacial score (nSPS) is 15.1. The number of nitrogens with two attached hydrogens (primary N) is 1. The van der Waals surface area contributed by atoms with Crippen LogP contribution in [0.2, 0.25) is 0 Å². The van der Waals surface area contributed by atoms with Crippen molar-refractivity contribution >= 4 is 10.9 Å². The van der Waals surface area contributed by atoms with Crippen LogP contribution in [0.3, 0.4) is 0 Å². The van der Waals surface area contributed by atoms with Gasteiger partial charge in [-0.3, -0.25) is 0 Å². The molecule has 0 radical (unpaired) electrons. The van der Waals surface area contributed by atoms with Crippen LogP contribution in [0.15, 0.2) is 24.4 Å². The molecule has 0 fully saturated rings. The van der Waals surface area contributed by atoms with E-state index in [1.54, 1.807) is 0 Å². The molecule has 1 aromatic heterocycles. The third kappa shape index (κ3) is 2.09. The Morgan fingerprint density at radius 1 is 1.29 bits per heavy atom. The molecule has 0 spiro atoms. The van der Waals surface area contributed by atoms with Crippen molar-refractivity contribution < 1.29 is 0 Å². The number of aryl methyl sites for hydroxylation is 1. The summed E-state index contributed by atoms with van der Waals surface area (Å²) in [5.41, 5.74) is 10.2. The van der Waals surface area contributed by atoms with Gasteiger partial charge in [0, 0.05) is 23.1 Å². The van der Waals surface area contributed by atoms with Crippen molar-refractivity contribution in [2.24, 2.45) is 5.73 Å². The second-order valence-electron chi connectivity index (χ2n) is 4.80. The van der Waals surface area contributed by atoms with Gasteiger partial charge < -0.3 is 10.7 Å². The summed E-state index contributed by atoms with van der Waals surface area (Å²) in [5, 5.41) is 1.33. The molecule has 0 unspecified atom stereocenters. The highest BCUT2D eigenvalue weighted by Gasteiger charge is 2.17. The summed E-state index contributed by atoms with van der Waals surface area (Å²) in [6.07, 6.45) is 4.21. The van der Waals surface area contributed by atoms with E-state index in [0.29, 0.717) is 5.92 Å². The maximum absolute atomic E-state index is 6.16. The smallest absolute Gasteiger partial charge is 0.0489 e. The molecule has 0 saturated heterocycles. The molecule has 92 valence electrons. The first-order valence-electron chi connectivity index (χ1n) is 6.53. The number of nitrogens with one attached hydrogen (secondary N) is 1. The van der Waals surface area contributed by atoms with Gasteiger partial charge in [0.25, 0.3) is 0 Å². The Kier molecular flexibility index (Phi) is 3.53. The number of rotatable bonds is 4. The van der Waals surface area contributed by atoms with Gasteiger partial charge in [-0.05, 0) is 29.9 Å². The van der Waals surface area contributed by atoms with Gasteiger partial charge >= 0.3 is 0 Å². The van der Waals surface area contributed by atoms with E-state index in [2.05, 4.69) is 50.2 Å². The van der Waals surface area contributed by atoms with Gasteiger partial charge in [-0.25, -0.2) is 0 Å². The third-order valence-electron chi connectivity index (χ3n) is 3.82. The average Bonchev–Trinajstić information content (AvgIpc) is 2.80. The number of benzene rings is 1. The van der Waals surface area contributed by atoms with Crippen LogP contribution in [0.25, 0.3) is 10.9 Å². The lowest BCUT2D eigenvalue weighted by Gasteiger charge is -2.17. The lowest BCUT2D eigenvalue weighted by molar-refractivity contribution is 0.554. The highest BCUT2D eigenvalue weighted by atomic mass is 14.7. The molecule has 0 bridgehead atoms. The number of fused-ring (bicyclic) bond motifs is 1. The monoisotopic (exact) mass is 230 g/mol. The van der Waals surface area contributed by atoms with Gasteiger partial charge in [0.2, 0.25) is 0 Å². The van der Waals surface area contributed by atoms with E-state index in [1.807, 2.05) is 0 Å². The Bertz CT molecular complexity index is 499. The number of hydrogen-bond acceptors (Lipinski definition) is 1. The number of aromatic amines is 1. The number of hydrogen-bond donors (Lipinski definition) is 2. The molecule has 2 atom stereocenters. The van der Waals surface area contributed by atoms with Gasteiger partial charge in [-0.15, -0.1) is 0 Å². The van der Waals surface area contributed by atoms with Crippen molar-refractivity contribution in [3.05, 3.63) is 35.5 Å². The first-order chi connectivity index (χ1) is 8.19. The minimum Gasteiger partial charge on any atom is -0.361 e. The highest BCUT2D eigenvalue weighted by Crippen LogP contribution is 2.29. The molecule has 3 N–H and O–H groups in total. The molecule has 2 nitrogen and oxygen atoms in total. The molecule has 0 aliphatic heterocycles. The SMILES string of the molecule is CCc1cccc2c([C@@H](C)[C@H](N)CC)c[nH]c12. The first-order valence-corrected chi connectivity index (χ1v) is 6.53. The van der Waals surface area contributed by atoms with Crippen molar-refractivity contribution in [2.45, 2.75) is 45.6 Å². The number of aromatic nitrogens is 1. The minimum absolute atomic E-state index is 0.235. The van der Waals surface area contributed by atoms with Crippen LogP contribution in [0.5, 0.6) is 0 Å². The highest BCUT2D eigenvalue weighted by molar-refractivity contribution is 5.86. The van der Waals surface area contributed by atoms with E-state index in [9.17, 15) is 0 Å². The van der Waals surface area contributed by atoms with Gasteiger partial charge in [0.15, 0.2) is 0 Å². The molecular weight excluding hydrogens is 208 g/mol. The Morgan fingerprint density at radius 2 is 2.06 bits per heavy atom. The number of para-hydroxylation sites is 1. The summed E-state index contributed by atoms with van der Waals surface area (Å²) in [7, 11) is 0. The van der Waals surface area contributed by atoms with Crippen LogP contribution in [0, 0.1) is 0 Å². The van der Waals surface area contributed by atoms with E-state index < -0.39 is 0 Å². The molecule has 0 saturated carbocycles. The molecule has 1 heterocycles. The van der Waals surface area contributed by atoms with E-state index in [0.717, 1.165) is 12.8 Å². The van der Waals surface area contributed by atoms with Gasteiger partial charge in [-0.1, -0.05) is 39.0 Å². The van der Waals surface area contributed by atoms with Crippen molar-refractivity contribution in [1.82, 2.24) is 4.98 Å². The van der Waals surface area contributed by atoms with Crippen molar-refractivity contribution in [2.75, 3.05) is 0 Å². The minimum atomic E-state index is 0.235. The molecule has 1 aromatic carbocycles. The summed E-state index contributed by atoms with van der Waals surface area (Å²) in [6.45, 7) is 6.55. The van der Waals surface area contributed by atoms with Gasteiger partial charge in [-0.2, -0.15) is 0 Å². The van der Waals surface area contributed by atoms with E-state index in [4.69, 9.17) is 5.73 Å². The van der Waals surface area contributed by atoms with Crippen molar-refractivity contribution in [3.63, 3.8) is 0 Å².